The standard InChI is InChI=1S/C4H4Cl3N2O3/c5-4(6,7)12-3(11)9-1-2(8)10/h8H,1H2,(H,9,11). The summed E-state index contributed by atoms with van der Waals surface area (Å²) in [5.74, 6) is -0.976. The van der Waals surface area contributed by atoms with Gasteiger partial charge in [0.25, 0.3) is 5.91 Å². The summed E-state index contributed by atoms with van der Waals surface area (Å²) in [7, 11) is 0. The lowest BCUT2D eigenvalue weighted by molar-refractivity contribution is -0.117. The van der Waals surface area contributed by atoms with Gasteiger partial charge < -0.3 is 10.1 Å². The molecule has 0 aliphatic heterocycles. The van der Waals surface area contributed by atoms with Crippen LogP contribution in [0.4, 0.5) is 4.79 Å². The van der Waals surface area contributed by atoms with Gasteiger partial charge in [0.15, 0.2) is 0 Å². The number of alkyl carbamates (subject to hydrolysis) is 1. The number of hydrogen-bond acceptors (Lipinski definition) is 3. The Morgan fingerprint density at radius 2 is 1.92 bits per heavy atom. The molecule has 0 fully saturated rings. The maximum absolute atomic E-state index is 10.5. The molecule has 0 aromatic carbocycles. The molecule has 0 aromatic heterocycles. The van der Waals surface area contributed by atoms with Crippen molar-refractivity contribution in [3.8, 4) is 0 Å². The lowest BCUT2D eigenvalue weighted by Gasteiger charge is -2.11. The Morgan fingerprint density at radius 1 is 1.42 bits per heavy atom. The molecular weight excluding hydrogens is 230 g/mol. The Morgan fingerprint density at radius 3 is 2.25 bits per heavy atom. The van der Waals surface area contributed by atoms with E-state index < -0.39 is 22.5 Å². The second kappa shape index (κ2) is 4.59. The summed E-state index contributed by atoms with van der Waals surface area (Å²) in [6.45, 7) is -0.487. The molecule has 0 saturated heterocycles. The number of alkyl halides is 3. The number of ether oxygens (including phenoxy) is 1. The van der Waals surface area contributed by atoms with Gasteiger partial charge in [-0.15, -0.1) is 0 Å². The van der Waals surface area contributed by atoms with E-state index in [2.05, 4.69) is 4.74 Å². The molecule has 0 rings (SSSR count). The van der Waals surface area contributed by atoms with Crippen molar-refractivity contribution in [3.63, 3.8) is 0 Å². The average Bonchev–Trinajstić information content (AvgIpc) is 1.79. The topological polar surface area (TPSA) is 79.2 Å². The fourth-order valence-corrected chi connectivity index (χ4v) is 0.504. The van der Waals surface area contributed by atoms with Gasteiger partial charge in [0, 0.05) is 0 Å². The predicted octanol–water partition coefficient (Wildman–Crippen LogP) is 0.850. The predicted molar refractivity (Wildman–Crippen MR) is 42.9 cm³/mol. The SMILES string of the molecule is [NH]C(=O)CNC(=O)OC(Cl)(Cl)Cl. The van der Waals surface area contributed by atoms with Gasteiger partial charge in [-0.3, -0.25) is 10.5 Å². The Kier molecular flexibility index (Phi) is 4.44. The Hall–Kier alpha value is -0.390. The highest BCUT2D eigenvalue weighted by atomic mass is 35.6. The van der Waals surface area contributed by atoms with Gasteiger partial charge in [-0.1, -0.05) is 0 Å². The molecule has 0 atom stereocenters. The molecule has 0 spiro atoms. The molecule has 1 radical (unpaired) electrons. The van der Waals surface area contributed by atoms with Crippen molar-refractivity contribution in [1.29, 1.82) is 0 Å². The third-order valence-corrected chi connectivity index (χ3v) is 0.833. The van der Waals surface area contributed by atoms with Crippen LogP contribution < -0.4 is 11.1 Å². The molecule has 12 heavy (non-hydrogen) atoms. The zero-order valence-corrected chi connectivity index (χ0v) is 7.83. The van der Waals surface area contributed by atoms with E-state index in [1.165, 1.54) is 0 Å². The first-order valence-electron chi connectivity index (χ1n) is 2.59. The van der Waals surface area contributed by atoms with Crippen LogP contribution in [-0.4, -0.2) is 22.5 Å². The number of halogens is 3. The molecule has 0 aliphatic rings. The van der Waals surface area contributed by atoms with E-state index in [9.17, 15) is 9.59 Å². The number of rotatable bonds is 2. The molecular formula is C4H4Cl3N2O3. The highest BCUT2D eigenvalue weighted by Crippen LogP contribution is 2.27. The largest absolute Gasteiger partial charge is 0.411 e. The number of hydrogen-bond donors (Lipinski definition) is 1. The number of carbonyl (C=O) groups is 2. The molecule has 0 bridgehead atoms. The van der Waals surface area contributed by atoms with E-state index in [1.54, 1.807) is 0 Å². The van der Waals surface area contributed by atoms with E-state index in [-0.39, 0.29) is 0 Å². The van der Waals surface area contributed by atoms with E-state index in [1.807, 2.05) is 5.32 Å². The molecule has 8 heteroatoms. The van der Waals surface area contributed by atoms with Crippen molar-refractivity contribution >= 4 is 46.8 Å². The first-order chi connectivity index (χ1) is 5.31. The van der Waals surface area contributed by atoms with Crippen LogP contribution in [0.1, 0.15) is 0 Å². The van der Waals surface area contributed by atoms with Crippen LogP contribution in [0.5, 0.6) is 0 Å². The van der Waals surface area contributed by atoms with Crippen molar-refractivity contribution in [2.24, 2.45) is 0 Å². The van der Waals surface area contributed by atoms with E-state index in [0.717, 1.165) is 0 Å². The van der Waals surface area contributed by atoms with Crippen LogP contribution in [0.2, 0.25) is 0 Å². The highest BCUT2D eigenvalue weighted by Gasteiger charge is 2.25. The van der Waals surface area contributed by atoms with E-state index >= 15 is 0 Å². The molecule has 69 valence electrons. The van der Waals surface area contributed by atoms with Gasteiger partial charge in [0.2, 0.25) is 0 Å². The minimum atomic E-state index is -2.16. The maximum atomic E-state index is 10.5. The van der Waals surface area contributed by atoms with Crippen LogP contribution in [0.3, 0.4) is 0 Å². The lowest BCUT2D eigenvalue weighted by atomic mass is 10.6. The van der Waals surface area contributed by atoms with Gasteiger partial charge in [-0.05, 0) is 34.8 Å². The van der Waals surface area contributed by atoms with Gasteiger partial charge >= 0.3 is 10.1 Å². The number of nitrogens with one attached hydrogen (secondary N) is 2. The van der Waals surface area contributed by atoms with Crippen molar-refractivity contribution in [2.45, 2.75) is 3.98 Å². The smallest absolute Gasteiger partial charge is 0.398 e. The van der Waals surface area contributed by atoms with E-state index in [0.29, 0.717) is 0 Å². The molecule has 2 N–H and O–H groups in total. The van der Waals surface area contributed by atoms with Gasteiger partial charge in [0.05, 0.1) is 0 Å². The summed E-state index contributed by atoms with van der Waals surface area (Å²) < 4.78 is 1.94. The maximum Gasteiger partial charge on any atom is 0.411 e. The summed E-state index contributed by atoms with van der Waals surface area (Å²) in [5.41, 5.74) is 6.39. The van der Waals surface area contributed by atoms with Crippen LogP contribution >= 0.6 is 34.8 Å². The van der Waals surface area contributed by atoms with Gasteiger partial charge in [-0.25, -0.2) is 4.79 Å². The minimum Gasteiger partial charge on any atom is -0.398 e. The molecule has 0 aromatic rings. The van der Waals surface area contributed by atoms with Crippen molar-refractivity contribution in [3.05, 3.63) is 0 Å². The van der Waals surface area contributed by atoms with Gasteiger partial charge in [-0.2, -0.15) is 0 Å². The highest BCUT2D eigenvalue weighted by molar-refractivity contribution is 6.66. The first-order valence-corrected chi connectivity index (χ1v) is 3.72. The second-order valence-electron chi connectivity index (χ2n) is 1.61. The van der Waals surface area contributed by atoms with Crippen molar-refractivity contribution in [2.75, 3.05) is 6.54 Å². The average molecular weight is 234 g/mol. The fourth-order valence-electron chi connectivity index (χ4n) is 0.294. The zero-order chi connectivity index (χ0) is 9.78. The van der Waals surface area contributed by atoms with E-state index in [4.69, 9.17) is 40.5 Å². The van der Waals surface area contributed by atoms with Crippen LogP contribution in [0, 0.1) is 0 Å². The first kappa shape index (κ1) is 11.6. The third-order valence-electron chi connectivity index (χ3n) is 0.602. The van der Waals surface area contributed by atoms with Crippen LogP contribution in [0.25, 0.3) is 0 Å². The zero-order valence-electron chi connectivity index (χ0n) is 5.57. The molecule has 0 unspecified atom stereocenters. The second-order valence-corrected chi connectivity index (χ2v) is 3.79. The summed E-state index contributed by atoms with van der Waals surface area (Å²) in [6.07, 6.45) is -1.07. The van der Waals surface area contributed by atoms with Crippen molar-refractivity contribution < 1.29 is 14.3 Å². The normalized spacial score (nSPS) is 10.6. The summed E-state index contributed by atoms with van der Waals surface area (Å²) >= 11 is 15.2. The van der Waals surface area contributed by atoms with Gasteiger partial charge in [0.1, 0.15) is 6.54 Å². The quantitative estimate of drug-likeness (QED) is 0.719. The molecule has 2 amide bonds. The van der Waals surface area contributed by atoms with Crippen LogP contribution in [-0.2, 0) is 9.53 Å². The Balaban J connectivity index is 3.68. The Labute approximate surface area is 83.1 Å². The van der Waals surface area contributed by atoms with Crippen molar-refractivity contribution in [1.82, 2.24) is 11.1 Å². The third kappa shape index (κ3) is 7.71. The molecule has 5 nitrogen and oxygen atoms in total. The summed E-state index contributed by atoms with van der Waals surface area (Å²) in [5, 5.41) is 1.89. The summed E-state index contributed by atoms with van der Waals surface area (Å²) in [4.78, 5) is 20.6. The fraction of sp³-hybridized carbons (Fsp3) is 0.500. The number of carbonyl (C=O) groups excluding carboxylic acids is 2. The molecule has 0 heterocycles. The Bertz CT molecular complexity index is 190. The summed E-state index contributed by atoms with van der Waals surface area (Å²) in [6, 6.07) is 0. The molecule has 0 saturated carbocycles. The molecule has 0 aliphatic carbocycles. The minimum absolute atomic E-state index is 0.487. The van der Waals surface area contributed by atoms with Crippen LogP contribution in [0.15, 0.2) is 0 Å². The number of amides is 2. The monoisotopic (exact) mass is 233 g/mol. The lowest BCUT2D eigenvalue weighted by Crippen LogP contribution is -2.33.